The molecule has 0 amide bonds. The number of likely N-dealkylation sites (tertiary alicyclic amines) is 1. The molecule has 118 valence electrons. The Morgan fingerprint density at radius 3 is 2.50 bits per heavy atom. The molecule has 3 nitrogen and oxygen atoms in total. The second-order valence-electron chi connectivity index (χ2n) is 7.68. The molecule has 1 aliphatic heterocycles. The lowest BCUT2D eigenvalue weighted by Crippen LogP contribution is -2.61. The maximum absolute atomic E-state index is 6.03. The van der Waals surface area contributed by atoms with E-state index in [9.17, 15) is 0 Å². The van der Waals surface area contributed by atoms with Crippen LogP contribution in [0.15, 0.2) is 0 Å². The smallest absolute Gasteiger partial charge is 0.0656 e. The van der Waals surface area contributed by atoms with Gasteiger partial charge in [0.05, 0.1) is 6.10 Å². The van der Waals surface area contributed by atoms with E-state index in [0.29, 0.717) is 18.1 Å². The van der Waals surface area contributed by atoms with Crippen molar-refractivity contribution < 1.29 is 4.74 Å². The molecule has 1 N–H and O–H groups in total. The van der Waals surface area contributed by atoms with Crippen LogP contribution in [0.4, 0.5) is 0 Å². The van der Waals surface area contributed by atoms with E-state index in [-0.39, 0.29) is 5.41 Å². The maximum atomic E-state index is 6.03. The summed E-state index contributed by atoms with van der Waals surface area (Å²) in [5.41, 5.74) is 0.288. The third kappa shape index (κ3) is 4.19. The molecule has 0 spiro atoms. The third-order valence-corrected chi connectivity index (χ3v) is 5.08. The molecule has 0 bridgehead atoms. The van der Waals surface area contributed by atoms with Gasteiger partial charge in [0.1, 0.15) is 0 Å². The normalized spacial score (nSPS) is 30.4. The summed E-state index contributed by atoms with van der Waals surface area (Å²) in [6.45, 7) is 15.0. The lowest BCUT2D eigenvalue weighted by Gasteiger charge is -2.52. The number of hydrogen-bond acceptors (Lipinski definition) is 3. The van der Waals surface area contributed by atoms with Gasteiger partial charge < -0.3 is 15.0 Å². The van der Waals surface area contributed by atoms with Crippen molar-refractivity contribution in [2.75, 3.05) is 32.8 Å². The van der Waals surface area contributed by atoms with Crippen LogP contribution in [0.2, 0.25) is 0 Å². The Bertz CT molecular complexity index is 285. The summed E-state index contributed by atoms with van der Waals surface area (Å²) in [6, 6.07) is 0.629. The van der Waals surface area contributed by atoms with Crippen LogP contribution >= 0.6 is 0 Å². The summed E-state index contributed by atoms with van der Waals surface area (Å²) < 4.78 is 6.03. The zero-order valence-corrected chi connectivity index (χ0v) is 14.0. The molecule has 0 aromatic heterocycles. The van der Waals surface area contributed by atoms with Crippen LogP contribution < -0.4 is 5.32 Å². The van der Waals surface area contributed by atoms with E-state index in [1.165, 1.54) is 45.3 Å². The van der Waals surface area contributed by atoms with E-state index in [1.807, 2.05) is 0 Å². The van der Waals surface area contributed by atoms with Crippen molar-refractivity contribution in [1.82, 2.24) is 10.2 Å². The molecule has 2 rings (SSSR count). The standard InChI is InChI=1S/C17H34N2O/c1-14(2)13-20-16-12-15(17(16,3)4)18-8-11-19-9-6-5-7-10-19/h14-16,18H,5-13H2,1-4H3. The molecular formula is C17H34N2O. The van der Waals surface area contributed by atoms with E-state index >= 15 is 0 Å². The molecule has 0 radical (unpaired) electrons. The van der Waals surface area contributed by atoms with Crippen LogP contribution in [0.25, 0.3) is 0 Å². The summed E-state index contributed by atoms with van der Waals surface area (Å²) in [7, 11) is 0. The Morgan fingerprint density at radius 1 is 1.20 bits per heavy atom. The molecule has 2 atom stereocenters. The molecule has 1 saturated carbocycles. The first-order valence-electron chi connectivity index (χ1n) is 8.57. The molecule has 1 aliphatic carbocycles. The van der Waals surface area contributed by atoms with E-state index in [2.05, 4.69) is 37.9 Å². The zero-order valence-electron chi connectivity index (χ0n) is 14.0. The Labute approximate surface area is 125 Å². The van der Waals surface area contributed by atoms with Crippen LogP contribution in [0, 0.1) is 11.3 Å². The summed E-state index contributed by atoms with van der Waals surface area (Å²) >= 11 is 0. The molecule has 2 unspecified atom stereocenters. The van der Waals surface area contributed by atoms with Gasteiger partial charge in [0.25, 0.3) is 0 Å². The number of ether oxygens (including phenoxy) is 1. The molecule has 0 aromatic carbocycles. The highest BCUT2D eigenvalue weighted by Gasteiger charge is 2.48. The number of rotatable bonds is 7. The van der Waals surface area contributed by atoms with Crippen LogP contribution in [-0.4, -0.2) is 49.8 Å². The van der Waals surface area contributed by atoms with E-state index in [0.717, 1.165) is 13.2 Å². The maximum Gasteiger partial charge on any atom is 0.0656 e. The van der Waals surface area contributed by atoms with Gasteiger partial charge in [0.2, 0.25) is 0 Å². The summed E-state index contributed by atoms with van der Waals surface area (Å²) in [5, 5.41) is 3.75. The van der Waals surface area contributed by atoms with Crippen molar-refractivity contribution in [1.29, 1.82) is 0 Å². The molecule has 1 saturated heterocycles. The van der Waals surface area contributed by atoms with Gasteiger partial charge in [-0.25, -0.2) is 0 Å². The van der Waals surface area contributed by atoms with Crippen molar-refractivity contribution in [3.8, 4) is 0 Å². The molecule has 3 heteroatoms. The lowest BCUT2D eigenvalue weighted by atomic mass is 9.64. The number of nitrogens with zero attached hydrogens (tertiary/aromatic N) is 1. The van der Waals surface area contributed by atoms with Gasteiger partial charge in [-0.1, -0.05) is 34.1 Å². The average Bonchev–Trinajstić information content (AvgIpc) is 2.42. The number of piperidine rings is 1. The minimum absolute atomic E-state index is 0.288. The third-order valence-electron chi connectivity index (χ3n) is 5.08. The first kappa shape index (κ1) is 16.3. The van der Waals surface area contributed by atoms with E-state index in [1.54, 1.807) is 0 Å². The van der Waals surface area contributed by atoms with Crippen molar-refractivity contribution in [3.05, 3.63) is 0 Å². The van der Waals surface area contributed by atoms with Gasteiger partial charge in [0, 0.05) is 31.2 Å². The number of hydrogen-bond donors (Lipinski definition) is 1. The van der Waals surface area contributed by atoms with Gasteiger partial charge in [-0.05, 0) is 38.3 Å². The second-order valence-corrected chi connectivity index (χ2v) is 7.68. The minimum Gasteiger partial charge on any atom is -0.377 e. The first-order chi connectivity index (χ1) is 9.50. The largest absolute Gasteiger partial charge is 0.377 e. The van der Waals surface area contributed by atoms with Gasteiger partial charge in [0.15, 0.2) is 0 Å². The summed E-state index contributed by atoms with van der Waals surface area (Å²) in [4.78, 5) is 2.61. The van der Waals surface area contributed by atoms with Crippen molar-refractivity contribution in [2.45, 2.75) is 65.5 Å². The monoisotopic (exact) mass is 282 g/mol. The van der Waals surface area contributed by atoms with Crippen molar-refractivity contribution >= 4 is 0 Å². The number of nitrogens with one attached hydrogen (secondary N) is 1. The molecule has 0 aromatic rings. The Balaban J connectivity index is 1.62. The quantitative estimate of drug-likeness (QED) is 0.777. The van der Waals surface area contributed by atoms with Crippen molar-refractivity contribution in [2.24, 2.45) is 11.3 Å². The minimum atomic E-state index is 0.288. The molecular weight excluding hydrogens is 248 g/mol. The molecule has 20 heavy (non-hydrogen) atoms. The SMILES string of the molecule is CC(C)COC1CC(NCCN2CCCCC2)C1(C)C. The van der Waals surface area contributed by atoms with Crippen LogP contribution in [-0.2, 0) is 4.74 Å². The Morgan fingerprint density at radius 2 is 1.90 bits per heavy atom. The topological polar surface area (TPSA) is 24.5 Å². The summed E-state index contributed by atoms with van der Waals surface area (Å²) in [6.07, 6.45) is 5.83. The molecule has 2 aliphatic rings. The first-order valence-corrected chi connectivity index (χ1v) is 8.57. The van der Waals surface area contributed by atoms with E-state index < -0.39 is 0 Å². The lowest BCUT2D eigenvalue weighted by molar-refractivity contribution is -0.123. The van der Waals surface area contributed by atoms with Gasteiger partial charge in [-0.15, -0.1) is 0 Å². The van der Waals surface area contributed by atoms with Crippen LogP contribution in [0.5, 0.6) is 0 Å². The van der Waals surface area contributed by atoms with E-state index in [4.69, 9.17) is 4.74 Å². The average molecular weight is 282 g/mol. The predicted molar refractivity (Wildman–Crippen MR) is 85.1 cm³/mol. The highest BCUT2D eigenvalue weighted by Crippen LogP contribution is 2.42. The van der Waals surface area contributed by atoms with Gasteiger partial charge >= 0.3 is 0 Å². The van der Waals surface area contributed by atoms with Crippen LogP contribution in [0.1, 0.15) is 53.4 Å². The zero-order chi connectivity index (χ0) is 14.6. The second kappa shape index (κ2) is 7.24. The molecule has 2 fully saturated rings. The van der Waals surface area contributed by atoms with Gasteiger partial charge in [-0.3, -0.25) is 0 Å². The highest BCUT2D eigenvalue weighted by atomic mass is 16.5. The van der Waals surface area contributed by atoms with Crippen LogP contribution in [0.3, 0.4) is 0 Å². The predicted octanol–water partition coefficient (Wildman–Crippen LogP) is 2.90. The van der Waals surface area contributed by atoms with Gasteiger partial charge in [-0.2, -0.15) is 0 Å². The summed E-state index contributed by atoms with van der Waals surface area (Å²) in [5.74, 6) is 0.636. The Hall–Kier alpha value is -0.120. The fraction of sp³-hybridized carbons (Fsp3) is 1.00. The highest BCUT2D eigenvalue weighted by molar-refractivity contribution is 5.02. The fourth-order valence-corrected chi connectivity index (χ4v) is 3.40. The Kier molecular flexibility index (Phi) is 5.88. The fourth-order valence-electron chi connectivity index (χ4n) is 3.40. The van der Waals surface area contributed by atoms with Crippen molar-refractivity contribution in [3.63, 3.8) is 0 Å². The molecule has 1 heterocycles.